The van der Waals surface area contributed by atoms with E-state index in [4.69, 9.17) is 4.74 Å². The number of hydrogen-bond donors (Lipinski definition) is 2. The van der Waals surface area contributed by atoms with Gasteiger partial charge in [0.1, 0.15) is 5.76 Å². The Morgan fingerprint density at radius 1 is 1.00 bits per heavy atom. The molecule has 210 valence electrons. The summed E-state index contributed by atoms with van der Waals surface area (Å²) in [5, 5.41) is 35.7. The first-order chi connectivity index (χ1) is 17.6. The molecule has 6 heteroatoms. The summed E-state index contributed by atoms with van der Waals surface area (Å²) in [6.07, 6.45) is 7.70. The highest BCUT2D eigenvalue weighted by Crippen LogP contribution is 2.76. The van der Waals surface area contributed by atoms with Gasteiger partial charge in [0.05, 0.1) is 29.9 Å². The van der Waals surface area contributed by atoms with Crippen LogP contribution in [0, 0.1) is 67.5 Å². The number of hydrogen-bond acceptors (Lipinski definition) is 6. The van der Waals surface area contributed by atoms with E-state index in [1.165, 1.54) is 7.11 Å². The zero-order valence-electron chi connectivity index (χ0n) is 24.8. The highest BCUT2D eigenvalue weighted by Gasteiger charge is 2.72. The van der Waals surface area contributed by atoms with Gasteiger partial charge in [-0.05, 0) is 97.2 Å². The molecule has 2 N–H and O–H groups in total. The van der Waals surface area contributed by atoms with Gasteiger partial charge in [0.15, 0.2) is 0 Å². The van der Waals surface area contributed by atoms with E-state index in [9.17, 15) is 20.4 Å². The number of carbonyl (C=O) groups is 1. The van der Waals surface area contributed by atoms with Crippen LogP contribution in [-0.4, -0.2) is 29.1 Å². The number of rotatable bonds is 1. The summed E-state index contributed by atoms with van der Waals surface area (Å²) < 4.78 is 5.47. The largest absolute Gasteiger partial charge is 0.511 e. The molecule has 8 atom stereocenters. The van der Waals surface area contributed by atoms with E-state index in [1.54, 1.807) is 0 Å². The van der Waals surface area contributed by atoms with E-state index < -0.39 is 10.8 Å². The van der Waals surface area contributed by atoms with Crippen LogP contribution in [0.2, 0.25) is 0 Å². The van der Waals surface area contributed by atoms with Gasteiger partial charge in [0.2, 0.25) is 0 Å². The van der Waals surface area contributed by atoms with Gasteiger partial charge in [-0.3, -0.25) is 4.79 Å². The Morgan fingerprint density at radius 3 is 2.26 bits per heavy atom. The molecule has 0 aliphatic heterocycles. The maximum atomic E-state index is 13.5. The van der Waals surface area contributed by atoms with Crippen molar-refractivity contribution in [1.29, 1.82) is 5.26 Å². The molecular formula is C32H48N2O4. The Labute approximate surface area is 228 Å². The van der Waals surface area contributed by atoms with Gasteiger partial charge in [-0.1, -0.05) is 53.6 Å². The zero-order valence-corrected chi connectivity index (χ0v) is 24.8. The molecule has 0 saturated heterocycles. The number of nitrogens with zero attached hydrogens (tertiary/aromatic N) is 2. The first-order valence-corrected chi connectivity index (χ1v) is 14.7. The van der Waals surface area contributed by atoms with Crippen molar-refractivity contribution in [1.82, 2.24) is 0 Å². The Morgan fingerprint density at radius 2 is 1.66 bits per heavy atom. The van der Waals surface area contributed by atoms with Crippen molar-refractivity contribution in [2.24, 2.45) is 61.3 Å². The number of methoxy groups -OCH3 is 1. The SMILES string of the molecule is COC(=O)[C@]12CCC(C)(C)C[C@H]1[C@H]1C(=NO)C[C@@H]3[C@@]4(C)CC(C#N)=C(O)C(C)(C)[C@@H]4CC[C@@]3(C)[C@]1(C)CC2. The van der Waals surface area contributed by atoms with E-state index in [-0.39, 0.29) is 57.1 Å². The average molecular weight is 525 g/mol. The molecule has 0 spiro atoms. The molecule has 0 heterocycles. The molecule has 4 fully saturated rings. The Bertz CT molecular complexity index is 1150. The summed E-state index contributed by atoms with van der Waals surface area (Å²) in [5.41, 5.74) is 0.0433. The van der Waals surface area contributed by atoms with Crippen LogP contribution in [0.4, 0.5) is 0 Å². The van der Waals surface area contributed by atoms with Crippen LogP contribution < -0.4 is 0 Å². The lowest BCUT2D eigenvalue weighted by molar-refractivity contribution is -0.215. The first-order valence-electron chi connectivity index (χ1n) is 14.7. The average Bonchev–Trinajstić information content (AvgIpc) is 2.85. The fourth-order valence-electron chi connectivity index (χ4n) is 11.3. The summed E-state index contributed by atoms with van der Waals surface area (Å²) in [7, 11) is 1.52. The smallest absolute Gasteiger partial charge is 0.312 e. The number of fused-ring (bicyclic) bond motifs is 7. The van der Waals surface area contributed by atoms with Crippen LogP contribution >= 0.6 is 0 Å². The molecule has 0 aromatic heterocycles. The third kappa shape index (κ3) is 3.23. The molecule has 0 aromatic rings. The van der Waals surface area contributed by atoms with Gasteiger partial charge in [0, 0.05) is 11.3 Å². The van der Waals surface area contributed by atoms with Crippen LogP contribution in [0.3, 0.4) is 0 Å². The summed E-state index contributed by atoms with van der Waals surface area (Å²) in [6, 6.07) is 2.34. The van der Waals surface area contributed by atoms with E-state index >= 15 is 0 Å². The standard InChI is InChI=1S/C32H48N2O4/c1-27(2)11-13-32(26(36)38-8)14-12-31(7)24(20(32)17-27)21(34-37)15-23-29(5)16-19(18-33)25(35)28(3,4)22(29)9-10-30(23,31)6/h20,22-24,35,37H,9-17H2,1-8H3/t20-,22-,23+,24-,29-,30+,31+,32-/m0/s1. The van der Waals surface area contributed by atoms with E-state index in [1.807, 2.05) is 0 Å². The number of esters is 1. The van der Waals surface area contributed by atoms with Crippen molar-refractivity contribution in [3.05, 3.63) is 11.3 Å². The second-order valence-electron chi connectivity index (χ2n) is 15.7. The van der Waals surface area contributed by atoms with Crippen LogP contribution in [0.5, 0.6) is 0 Å². The van der Waals surface area contributed by atoms with Crippen LogP contribution in [0.25, 0.3) is 0 Å². The van der Waals surface area contributed by atoms with E-state index in [0.29, 0.717) is 18.4 Å². The molecule has 5 rings (SSSR count). The molecule has 0 aromatic carbocycles. The van der Waals surface area contributed by atoms with Gasteiger partial charge in [-0.2, -0.15) is 5.26 Å². The van der Waals surface area contributed by atoms with Gasteiger partial charge in [0.25, 0.3) is 0 Å². The lowest BCUT2D eigenvalue weighted by atomic mass is 9.31. The molecule has 0 unspecified atom stereocenters. The normalized spacial score (nSPS) is 48.1. The third-order valence-electron chi connectivity index (χ3n) is 13.5. The number of aliphatic hydroxyl groups is 1. The Kier molecular flexibility index (Phi) is 5.97. The minimum Gasteiger partial charge on any atom is -0.511 e. The summed E-state index contributed by atoms with van der Waals surface area (Å²) >= 11 is 0. The molecule has 0 bridgehead atoms. The van der Waals surface area contributed by atoms with Crippen molar-refractivity contribution >= 4 is 11.7 Å². The van der Waals surface area contributed by atoms with Crippen LogP contribution in [0.1, 0.15) is 106 Å². The molecule has 0 amide bonds. The van der Waals surface area contributed by atoms with Gasteiger partial charge in [-0.25, -0.2) is 0 Å². The lowest BCUT2D eigenvalue weighted by Gasteiger charge is -2.72. The number of carbonyl (C=O) groups excluding carboxylic acids is 1. The third-order valence-corrected chi connectivity index (χ3v) is 13.5. The number of aliphatic hydroxyl groups excluding tert-OH is 1. The van der Waals surface area contributed by atoms with E-state index in [2.05, 4.69) is 59.7 Å². The van der Waals surface area contributed by atoms with Crippen molar-refractivity contribution in [3.8, 4) is 6.07 Å². The number of allylic oxidation sites excluding steroid dienone is 2. The zero-order chi connectivity index (χ0) is 28.1. The fraction of sp³-hybridized carbons (Fsp3) is 0.844. The molecular weight excluding hydrogens is 476 g/mol. The quantitative estimate of drug-likeness (QED) is 0.211. The topological polar surface area (TPSA) is 103 Å². The monoisotopic (exact) mass is 524 g/mol. The molecule has 6 nitrogen and oxygen atoms in total. The maximum absolute atomic E-state index is 13.5. The molecule has 5 aliphatic carbocycles. The van der Waals surface area contributed by atoms with Crippen molar-refractivity contribution in [2.45, 2.75) is 106 Å². The number of nitriles is 1. The molecule has 4 saturated carbocycles. The second kappa shape index (κ2) is 8.24. The first kappa shape index (κ1) is 27.5. The number of ether oxygens (including phenoxy) is 1. The molecule has 38 heavy (non-hydrogen) atoms. The fourth-order valence-corrected chi connectivity index (χ4v) is 11.3. The van der Waals surface area contributed by atoms with Crippen molar-refractivity contribution < 1.29 is 19.8 Å². The summed E-state index contributed by atoms with van der Waals surface area (Å²) in [5.74, 6) is 0.696. The van der Waals surface area contributed by atoms with Crippen molar-refractivity contribution in [3.63, 3.8) is 0 Å². The summed E-state index contributed by atoms with van der Waals surface area (Å²) in [4.78, 5) is 13.5. The second-order valence-corrected chi connectivity index (χ2v) is 15.7. The number of oxime groups is 1. The molecule has 5 aliphatic rings. The Hall–Kier alpha value is -2.03. The van der Waals surface area contributed by atoms with Crippen LogP contribution in [-0.2, 0) is 9.53 Å². The molecule has 0 radical (unpaired) electrons. The lowest BCUT2D eigenvalue weighted by Crippen LogP contribution is -2.69. The van der Waals surface area contributed by atoms with Gasteiger partial charge in [-0.15, -0.1) is 0 Å². The Balaban J connectivity index is 1.66. The highest BCUT2D eigenvalue weighted by atomic mass is 16.5. The van der Waals surface area contributed by atoms with Gasteiger partial charge < -0.3 is 15.1 Å². The van der Waals surface area contributed by atoms with Crippen molar-refractivity contribution in [2.75, 3.05) is 7.11 Å². The van der Waals surface area contributed by atoms with E-state index in [0.717, 1.165) is 50.7 Å². The van der Waals surface area contributed by atoms with Gasteiger partial charge >= 0.3 is 5.97 Å². The minimum atomic E-state index is -0.524. The van der Waals surface area contributed by atoms with Crippen LogP contribution in [0.15, 0.2) is 16.5 Å². The highest BCUT2D eigenvalue weighted by molar-refractivity contribution is 5.90. The maximum Gasteiger partial charge on any atom is 0.312 e. The summed E-state index contributed by atoms with van der Waals surface area (Å²) in [6.45, 7) is 16.0. The predicted octanol–water partition coefficient (Wildman–Crippen LogP) is 7.43. The predicted molar refractivity (Wildman–Crippen MR) is 146 cm³/mol. The minimum absolute atomic E-state index is 0.0114.